The van der Waals surface area contributed by atoms with Crippen LogP contribution >= 0.6 is 0 Å². The highest BCUT2D eigenvalue weighted by Gasteiger charge is 2.15. The Kier molecular flexibility index (Phi) is 5.44. The molecular weight excluding hydrogens is 188 g/mol. The Labute approximate surface area is 92.4 Å². The summed E-state index contributed by atoms with van der Waals surface area (Å²) in [5.41, 5.74) is 1.50. The zero-order chi connectivity index (χ0) is 11.1. The van der Waals surface area contributed by atoms with E-state index in [1.54, 1.807) is 0 Å². The Morgan fingerprint density at radius 3 is 3.00 bits per heavy atom. The van der Waals surface area contributed by atoms with Gasteiger partial charge in [-0.2, -0.15) is 0 Å². The first-order valence-corrected chi connectivity index (χ1v) is 6.13. The fourth-order valence-corrected chi connectivity index (χ4v) is 2.29. The highest BCUT2D eigenvalue weighted by molar-refractivity contribution is 5.67. The maximum absolute atomic E-state index is 10.6. The number of unbranched alkanes of at least 4 members (excludes halogenated alkanes) is 2. The first-order valence-electron chi connectivity index (χ1n) is 6.13. The zero-order valence-corrected chi connectivity index (χ0v) is 9.67. The van der Waals surface area contributed by atoms with Crippen molar-refractivity contribution < 1.29 is 9.90 Å². The van der Waals surface area contributed by atoms with E-state index in [1.807, 2.05) is 0 Å². The van der Waals surface area contributed by atoms with Crippen molar-refractivity contribution in [1.82, 2.24) is 0 Å². The summed E-state index contributed by atoms with van der Waals surface area (Å²) in [6, 6.07) is 0. The van der Waals surface area contributed by atoms with Crippen LogP contribution in [0.25, 0.3) is 0 Å². The lowest BCUT2D eigenvalue weighted by atomic mass is 9.86. The summed E-state index contributed by atoms with van der Waals surface area (Å²) in [5, 5.41) is 8.74. The van der Waals surface area contributed by atoms with E-state index >= 15 is 0 Å². The fourth-order valence-electron chi connectivity index (χ4n) is 2.29. The van der Waals surface area contributed by atoms with Gasteiger partial charge in [-0.25, -0.2) is 0 Å². The quantitative estimate of drug-likeness (QED) is 0.535. The van der Waals surface area contributed by atoms with E-state index < -0.39 is 5.97 Å². The Morgan fingerprint density at radius 1 is 1.53 bits per heavy atom. The van der Waals surface area contributed by atoms with Gasteiger partial charge in [0, 0.05) is 0 Å². The van der Waals surface area contributed by atoms with E-state index in [0.717, 1.165) is 6.42 Å². The van der Waals surface area contributed by atoms with Crippen LogP contribution in [0.5, 0.6) is 0 Å². The molecule has 2 nitrogen and oxygen atoms in total. The molecule has 1 unspecified atom stereocenters. The molecule has 0 aromatic carbocycles. The van der Waals surface area contributed by atoms with E-state index in [0.29, 0.717) is 12.3 Å². The van der Waals surface area contributed by atoms with Crippen molar-refractivity contribution in [3.63, 3.8) is 0 Å². The van der Waals surface area contributed by atoms with Crippen LogP contribution in [-0.2, 0) is 4.79 Å². The smallest absolute Gasteiger partial charge is 0.303 e. The molecule has 0 spiro atoms. The van der Waals surface area contributed by atoms with Gasteiger partial charge in [-0.3, -0.25) is 4.79 Å². The van der Waals surface area contributed by atoms with Crippen LogP contribution in [-0.4, -0.2) is 11.1 Å². The summed E-state index contributed by atoms with van der Waals surface area (Å²) in [6.45, 7) is 2.21. The van der Waals surface area contributed by atoms with Crippen molar-refractivity contribution in [3.8, 4) is 0 Å². The minimum absolute atomic E-state index is 0.299. The number of carboxylic acid groups (broad SMARTS) is 1. The number of carboxylic acids is 1. The van der Waals surface area contributed by atoms with Crippen molar-refractivity contribution in [2.45, 2.75) is 58.3 Å². The number of hydrogen-bond acceptors (Lipinski definition) is 1. The third kappa shape index (κ3) is 5.01. The summed E-state index contributed by atoms with van der Waals surface area (Å²) < 4.78 is 0. The van der Waals surface area contributed by atoms with Crippen molar-refractivity contribution in [3.05, 3.63) is 11.6 Å². The molecule has 0 saturated heterocycles. The fraction of sp³-hybridized carbons (Fsp3) is 0.769. The van der Waals surface area contributed by atoms with Gasteiger partial charge in [0.1, 0.15) is 0 Å². The van der Waals surface area contributed by atoms with Crippen molar-refractivity contribution in [1.29, 1.82) is 0 Å². The molecule has 1 aliphatic carbocycles. The summed E-state index contributed by atoms with van der Waals surface area (Å²) in [7, 11) is 0. The van der Waals surface area contributed by atoms with Gasteiger partial charge in [0.05, 0.1) is 6.42 Å². The predicted octanol–water partition coefficient (Wildman–Crippen LogP) is 3.77. The Bertz CT molecular complexity index is 231. The second kappa shape index (κ2) is 6.65. The monoisotopic (exact) mass is 210 g/mol. The first-order chi connectivity index (χ1) is 7.22. The highest BCUT2D eigenvalue weighted by Crippen LogP contribution is 2.28. The van der Waals surface area contributed by atoms with Crippen molar-refractivity contribution >= 4 is 5.97 Å². The molecule has 0 aliphatic heterocycles. The first kappa shape index (κ1) is 12.3. The average Bonchev–Trinajstić information content (AvgIpc) is 2.18. The number of hydrogen-bond donors (Lipinski definition) is 1. The van der Waals surface area contributed by atoms with E-state index in [4.69, 9.17) is 5.11 Å². The Hall–Kier alpha value is -0.790. The average molecular weight is 210 g/mol. The van der Waals surface area contributed by atoms with Gasteiger partial charge in [-0.05, 0) is 38.0 Å². The Morgan fingerprint density at radius 2 is 2.33 bits per heavy atom. The molecule has 0 bridgehead atoms. The molecular formula is C13H22O2. The third-order valence-electron chi connectivity index (χ3n) is 3.08. The largest absolute Gasteiger partial charge is 0.481 e. The van der Waals surface area contributed by atoms with Crippen LogP contribution in [0.3, 0.4) is 0 Å². The second-order valence-electron chi connectivity index (χ2n) is 4.53. The lowest BCUT2D eigenvalue weighted by molar-refractivity contribution is -0.137. The SMILES string of the molecule is CCCCCC1=CC(CC(=O)O)CCC1. The maximum atomic E-state index is 10.6. The summed E-state index contributed by atoms with van der Waals surface area (Å²) in [6.07, 6.45) is 11.0. The molecule has 0 aromatic heterocycles. The number of allylic oxidation sites excluding steroid dienone is 2. The molecule has 0 fully saturated rings. The number of aliphatic carboxylic acids is 1. The topological polar surface area (TPSA) is 37.3 Å². The summed E-state index contributed by atoms with van der Waals surface area (Å²) >= 11 is 0. The van der Waals surface area contributed by atoms with Crippen LogP contribution in [0.1, 0.15) is 58.3 Å². The van der Waals surface area contributed by atoms with Crippen LogP contribution in [0.15, 0.2) is 11.6 Å². The van der Waals surface area contributed by atoms with Crippen LogP contribution in [0, 0.1) is 5.92 Å². The molecule has 0 radical (unpaired) electrons. The van der Waals surface area contributed by atoms with Gasteiger partial charge in [0.25, 0.3) is 0 Å². The lowest BCUT2D eigenvalue weighted by Gasteiger charge is -2.19. The molecule has 1 rings (SSSR count). The molecule has 0 heterocycles. The molecule has 1 atom stereocenters. The Balaban J connectivity index is 2.35. The van der Waals surface area contributed by atoms with Gasteiger partial charge in [0.15, 0.2) is 0 Å². The highest BCUT2D eigenvalue weighted by atomic mass is 16.4. The van der Waals surface area contributed by atoms with Gasteiger partial charge >= 0.3 is 5.97 Å². The molecule has 15 heavy (non-hydrogen) atoms. The maximum Gasteiger partial charge on any atom is 0.303 e. The van der Waals surface area contributed by atoms with E-state index in [2.05, 4.69) is 13.0 Å². The van der Waals surface area contributed by atoms with Gasteiger partial charge < -0.3 is 5.11 Å². The van der Waals surface area contributed by atoms with E-state index in [-0.39, 0.29) is 0 Å². The third-order valence-corrected chi connectivity index (χ3v) is 3.08. The number of carbonyl (C=O) groups is 1. The van der Waals surface area contributed by atoms with Crippen molar-refractivity contribution in [2.24, 2.45) is 5.92 Å². The van der Waals surface area contributed by atoms with Gasteiger partial charge in [-0.1, -0.05) is 31.4 Å². The lowest BCUT2D eigenvalue weighted by Crippen LogP contribution is -2.10. The summed E-state index contributed by atoms with van der Waals surface area (Å²) in [5.74, 6) is -0.362. The van der Waals surface area contributed by atoms with Crippen molar-refractivity contribution in [2.75, 3.05) is 0 Å². The zero-order valence-electron chi connectivity index (χ0n) is 9.67. The standard InChI is InChI=1S/C13H22O2/c1-2-3-4-6-11-7-5-8-12(9-11)10-13(14)15/h9,12H,2-8,10H2,1H3,(H,14,15). The van der Waals surface area contributed by atoms with Crippen LogP contribution < -0.4 is 0 Å². The van der Waals surface area contributed by atoms with E-state index in [1.165, 1.54) is 44.1 Å². The minimum Gasteiger partial charge on any atom is -0.481 e. The molecule has 1 N–H and O–H groups in total. The van der Waals surface area contributed by atoms with Gasteiger partial charge in [0.2, 0.25) is 0 Å². The summed E-state index contributed by atoms with van der Waals surface area (Å²) in [4.78, 5) is 10.6. The molecule has 0 amide bonds. The van der Waals surface area contributed by atoms with Crippen LogP contribution in [0.2, 0.25) is 0 Å². The minimum atomic E-state index is -0.661. The molecule has 0 aromatic rings. The molecule has 2 heteroatoms. The molecule has 1 aliphatic rings. The molecule has 0 saturated carbocycles. The predicted molar refractivity (Wildman–Crippen MR) is 61.8 cm³/mol. The van der Waals surface area contributed by atoms with Gasteiger partial charge in [-0.15, -0.1) is 0 Å². The second-order valence-corrected chi connectivity index (χ2v) is 4.53. The molecule has 86 valence electrons. The number of rotatable bonds is 6. The van der Waals surface area contributed by atoms with E-state index in [9.17, 15) is 4.79 Å². The normalized spacial score (nSPS) is 21.1. The van der Waals surface area contributed by atoms with Crippen LogP contribution in [0.4, 0.5) is 0 Å².